The van der Waals surface area contributed by atoms with Crippen LogP contribution in [0.1, 0.15) is 11.1 Å². The van der Waals surface area contributed by atoms with Crippen LogP contribution in [0, 0.1) is 13.8 Å². The summed E-state index contributed by atoms with van der Waals surface area (Å²) in [5.74, 6) is 0.721. The average molecular weight is 412 g/mol. The number of thioether (sulfide) groups is 1. The van der Waals surface area contributed by atoms with Crippen molar-refractivity contribution >= 4 is 34.1 Å². The molecular weight excluding hydrogens is 396 g/mol. The van der Waals surface area contributed by atoms with Crippen LogP contribution in [0.4, 0.5) is 5.13 Å². The lowest BCUT2D eigenvalue weighted by Crippen LogP contribution is -2.13. The van der Waals surface area contributed by atoms with Gasteiger partial charge < -0.3 is 14.2 Å². The van der Waals surface area contributed by atoms with Crippen molar-refractivity contribution in [2.45, 2.75) is 19.1 Å². The Balaban J connectivity index is 1.34. The monoisotopic (exact) mass is 412 g/mol. The molecule has 0 atom stereocenters. The van der Waals surface area contributed by atoms with E-state index in [1.54, 1.807) is 12.1 Å². The zero-order valence-corrected chi connectivity index (χ0v) is 16.8. The Morgan fingerprint density at radius 2 is 2.11 bits per heavy atom. The molecule has 1 N–H and O–H groups in total. The molecule has 0 aliphatic heterocycles. The number of thiazole rings is 1. The maximum absolute atomic E-state index is 12.2. The summed E-state index contributed by atoms with van der Waals surface area (Å²) in [6.07, 6.45) is 1.53. The van der Waals surface area contributed by atoms with Gasteiger partial charge in [0.25, 0.3) is 11.1 Å². The molecule has 3 heterocycles. The number of aryl methyl sites for hydroxylation is 2. The van der Waals surface area contributed by atoms with E-state index in [1.165, 1.54) is 28.7 Å². The molecule has 7 nitrogen and oxygen atoms in total. The average Bonchev–Trinajstić information content (AvgIpc) is 3.43. The zero-order valence-electron chi connectivity index (χ0n) is 15.1. The number of amides is 1. The van der Waals surface area contributed by atoms with E-state index in [0.29, 0.717) is 16.1 Å². The third-order valence-electron chi connectivity index (χ3n) is 4.02. The first-order valence-electron chi connectivity index (χ1n) is 8.41. The number of rotatable bonds is 6. The first kappa shape index (κ1) is 18.5. The summed E-state index contributed by atoms with van der Waals surface area (Å²) in [5, 5.41) is 13.4. The number of carbonyl (C=O) groups excluding carboxylic acids is 1. The molecule has 9 heteroatoms. The van der Waals surface area contributed by atoms with E-state index in [0.717, 1.165) is 23.0 Å². The molecule has 142 valence electrons. The van der Waals surface area contributed by atoms with Crippen LogP contribution >= 0.6 is 23.1 Å². The van der Waals surface area contributed by atoms with E-state index in [1.807, 2.05) is 11.4 Å². The van der Waals surface area contributed by atoms with Crippen molar-refractivity contribution in [3.8, 4) is 22.9 Å². The Morgan fingerprint density at radius 3 is 2.89 bits per heavy atom. The minimum absolute atomic E-state index is 0.137. The van der Waals surface area contributed by atoms with Gasteiger partial charge in [-0.2, -0.15) is 0 Å². The van der Waals surface area contributed by atoms with Gasteiger partial charge in [0.15, 0.2) is 10.9 Å². The molecule has 3 aromatic heterocycles. The number of aromatic nitrogens is 3. The highest BCUT2D eigenvalue weighted by molar-refractivity contribution is 7.99. The van der Waals surface area contributed by atoms with Gasteiger partial charge in [0.05, 0.1) is 17.7 Å². The number of benzene rings is 1. The van der Waals surface area contributed by atoms with Gasteiger partial charge in [-0.05, 0) is 43.2 Å². The molecule has 4 aromatic rings. The molecule has 0 fully saturated rings. The summed E-state index contributed by atoms with van der Waals surface area (Å²) in [4.78, 5) is 16.7. The number of anilines is 1. The second kappa shape index (κ2) is 7.99. The summed E-state index contributed by atoms with van der Waals surface area (Å²) in [7, 11) is 0. The van der Waals surface area contributed by atoms with Crippen LogP contribution in [0.15, 0.2) is 56.0 Å². The lowest BCUT2D eigenvalue weighted by atomic mass is 10.1. The summed E-state index contributed by atoms with van der Waals surface area (Å²) in [5.41, 5.74) is 4.32. The highest BCUT2D eigenvalue weighted by Gasteiger charge is 2.14. The topological polar surface area (TPSA) is 94.1 Å². The molecule has 0 spiro atoms. The lowest BCUT2D eigenvalue weighted by molar-refractivity contribution is -0.113. The largest absolute Gasteiger partial charge is 0.459 e. The summed E-state index contributed by atoms with van der Waals surface area (Å²) in [6.45, 7) is 4.14. The Labute approximate surface area is 169 Å². The predicted octanol–water partition coefficient (Wildman–Crippen LogP) is 4.80. The number of nitrogens with zero attached hydrogens (tertiary/aromatic N) is 3. The van der Waals surface area contributed by atoms with Crippen LogP contribution in [0.3, 0.4) is 0 Å². The quantitative estimate of drug-likeness (QED) is 0.455. The van der Waals surface area contributed by atoms with Crippen molar-refractivity contribution in [2.24, 2.45) is 0 Å². The number of furan rings is 1. The summed E-state index contributed by atoms with van der Waals surface area (Å²) >= 11 is 2.55. The number of nitrogens with one attached hydrogen (secondary N) is 1. The Kier molecular flexibility index (Phi) is 5.27. The van der Waals surface area contributed by atoms with E-state index in [2.05, 4.69) is 46.5 Å². The fourth-order valence-corrected chi connectivity index (χ4v) is 3.71. The fourth-order valence-electron chi connectivity index (χ4n) is 2.42. The molecule has 0 saturated heterocycles. The predicted molar refractivity (Wildman–Crippen MR) is 108 cm³/mol. The van der Waals surface area contributed by atoms with Crippen molar-refractivity contribution in [2.75, 3.05) is 11.1 Å². The smallest absolute Gasteiger partial charge is 0.284 e. The third-order valence-corrected chi connectivity index (χ3v) is 5.59. The van der Waals surface area contributed by atoms with Gasteiger partial charge in [0, 0.05) is 10.9 Å². The molecule has 1 aromatic carbocycles. The van der Waals surface area contributed by atoms with Crippen molar-refractivity contribution < 1.29 is 13.6 Å². The van der Waals surface area contributed by atoms with Gasteiger partial charge in [-0.25, -0.2) is 4.98 Å². The number of hydrogen-bond acceptors (Lipinski definition) is 8. The maximum Gasteiger partial charge on any atom is 0.284 e. The first-order chi connectivity index (χ1) is 13.6. The van der Waals surface area contributed by atoms with Crippen LogP contribution < -0.4 is 5.32 Å². The van der Waals surface area contributed by atoms with E-state index in [9.17, 15) is 4.79 Å². The molecule has 28 heavy (non-hydrogen) atoms. The van der Waals surface area contributed by atoms with Crippen molar-refractivity contribution in [1.29, 1.82) is 0 Å². The van der Waals surface area contributed by atoms with Crippen LogP contribution in [0.2, 0.25) is 0 Å². The summed E-state index contributed by atoms with van der Waals surface area (Å²) < 4.78 is 10.7. The highest BCUT2D eigenvalue weighted by Crippen LogP contribution is 2.27. The summed E-state index contributed by atoms with van der Waals surface area (Å²) in [6, 6.07) is 9.66. The Bertz CT molecular complexity index is 1100. The maximum atomic E-state index is 12.2. The molecule has 4 rings (SSSR count). The van der Waals surface area contributed by atoms with Gasteiger partial charge in [-0.1, -0.05) is 23.9 Å². The normalized spacial score (nSPS) is 10.9. The zero-order chi connectivity index (χ0) is 19.5. The Hall–Kier alpha value is -2.91. The third kappa shape index (κ3) is 4.15. The van der Waals surface area contributed by atoms with E-state index in [-0.39, 0.29) is 17.6 Å². The molecule has 0 unspecified atom stereocenters. The van der Waals surface area contributed by atoms with Gasteiger partial charge >= 0.3 is 0 Å². The fraction of sp³-hybridized carbons (Fsp3) is 0.158. The van der Waals surface area contributed by atoms with E-state index < -0.39 is 0 Å². The first-order valence-corrected chi connectivity index (χ1v) is 10.3. The van der Waals surface area contributed by atoms with Crippen LogP contribution in [0.25, 0.3) is 22.9 Å². The van der Waals surface area contributed by atoms with Gasteiger partial charge in [0.2, 0.25) is 5.91 Å². The molecule has 0 aliphatic carbocycles. The minimum Gasteiger partial charge on any atom is -0.459 e. The van der Waals surface area contributed by atoms with Crippen molar-refractivity contribution in [3.63, 3.8) is 0 Å². The number of hydrogen-bond donors (Lipinski definition) is 1. The highest BCUT2D eigenvalue weighted by atomic mass is 32.2. The lowest BCUT2D eigenvalue weighted by Gasteiger charge is -2.02. The van der Waals surface area contributed by atoms with Crippen LogP contribution in [-0.2, 0) is 4.79 Å². The Morgan fingerprint density at radius 1 is 1.21 bits per heavy atom. The number of carbonyl (C=O) groups is 1. The molecule has 0 saturated carbocycles. The van der Waals surface area contributed by atoms with Crippen LogP contribution in [0.5, 0.6) is 0 Å². The molecule has 0 bridgehead atoms. The minimum atomic E-state index is -0.191. The van der Waals surface area contributed by atoms with Crippen LogP contribution in [-0.4, -0.2) is 26.8 Å². The SMILES string of the molecule is Cc1ccc(-c2csc(NC(=O)CSc3nnc(-c4ccco4)o3)n2)cc1C. The van der Waals surface area contributed by atoms with Crippen molar-refractivity contribution in [1.82, 2.24) is 15.2 Å². The van der Waals surface area contributed by atoms with E-state index >= 15 is 0 Å². The molecular formula is C19H16N4O3S2. The van der Waals surface area contributed by atoms with Crippen molar-refractivity contribution in [3.05, 3.63) is 53.1 Å². The van der Waals surface area contributed by atoms with Gasteiger partial charge in [-0.3, -0.25) is 4.79 Å². The molecule has 1 amide bonds. The second-order valence-corrected chi connectivity index (χ2v) is 7.81. The second-order valence-electron chi connectivity index (χ2n) is 6.02. The van der Waals surface area contributed by atoms with E-state index in [4.69, 9.17) is 8.83 Å². The van der Waals surface area contributed by atoms with Gasteiger partial charge in [0.1, 0.15) is 0 Å². The molecule has 0 radical (unpaired) electrons. The van der Waals surface area contributed by atoms with Gasteiger partial charge in [-0.15, -0.1) is 21.5 Å². The standard InChI is InChI=1S/C19H16N4O3S2/c1-11-5-6-13(8-12(11)2)14-9-27-18(20-14)21-16(24)10-28-19-23-22-17(26-19)15-4-3-7-25-15/h3-9H,10H2,1-2H3,(H,20,21,24). The molecule has 0 aliphatic rings.